The van der Waals surface area contributed by atoms with E-state index in [0.29, 0.717) is 27.6 Å². The third-order valence-corrected chi connectivity index (χ3v) is 6.60. The molecule has 0 unspecified atom stereocenters. The van der Waals surface area contributed by atoms with Crippen LogP contribution in [0.15, 0.2) is 95.6 Å². The van der Waals surface area contributed by atoms with Crippen LogP contribution in [0.5, 0.6) is 0 Å². The van der Waals surface area contributed by atoms with Crippen LogP contribution >= 0.6 is 11.6 Å². The second-order valence-corrected chi connectivity index (χ2v) is 9.69. The smallest absolute Gasteiger partial charge is 0.411 e. The fraction of sp³-hybridized carbons (Fsp3) is 0.167. The van der Waals surface area contributed by atoms with Gasteiger partial charge in [0.05, 0.1) is 19.4 Å². The van der Waals surface area contributed by atoms with Gasteiger partial charge in [-0.1, -0.05) is 53.6 Å². The Morgan fingerprint density at radius 2 is 1.79 bits per heavy atom. The fourth-order valence-corrected chi connectivity index (χ4v) is 4.73. The van der Waals surface area contributed by atoms with E-state index in [9.17, 15) is 14.4 Å². The molecule has 0 spiro atoms. The molecule has 39 heavy (non-hydrogen) atoms. The highest BCUT2D eigenvalue weighted by Gasteiger charge is 2.47. The van der Waals surface area contributed by atoms with Crippen molar-refractivity contribution in [2.24, 2.45) is 0 Å². The number of benzene rings is 3. The van der Waals surface area contributed by atoms with E-state index in [1.807, 2.05) is 25.1 Å². The molecule has 0 saturated carbocycles. The van der Waals surface area contributed by atoms with E-state index in [2.05, 4.69) is 10.6 Å². The summed E-state index contributed by atoms with van der Waals surface area (Å²) in [5.41, 5.74) is 3.33. The van der Waals surface area contributed by atoms with Crippen LogP contribution in [0.25, 0.3) is 0 Å². The maximum atomic E-state index is 13.5. The Hall–Kier alpha value is -4.56. The number of halogens is 1. The summed E-state index contributed by atoms with van der Waals surface area (Å²) in [5, 5.41) is 6.25. The van der Waals surface area contributed by atoms with Gasteiger partial charge >= 0.3 is 6.09 Å². The van der Waals surface area contributed by atoms with Crippen LogP contribution < -0.4 is 10.6 Å². The highest BCUT2D eigenvalue weighted by molar-refractivity contribution is 6.30. The van der Waals surface area contributed by atoms with Crippen molar-refractivity contribution in [2.75, 3.05) is 5.32 Å². The van der Waals surface area contributed by atoms with Crippen molar-refractivity contribution < 1.29 is 23.5 Å². The summed E-state index contributed by atoms with van der Waals surface area (Å²) in [5.74, 6) is -0.0968. The maximum Gasteiger partial charge on any atom is 0.411 e. The van der Waals surface area contributed by atoms with Gasteiger partial charge in [-0.15, -0.1) is 0 Å². The van der Waals surface area contributed by atoms with Gasteiger partial charge in [-0.2, -0.15) is 0 Å². The van der Waals surface area contributed by atoms with Crippen molar-refractivity contribution in [3.05, 3.63) is 124 Å². The second kappa shape index (κ2) is 11.4. The van der Waals surface area contributed by atoms with Crippen molar-refractivity contribution in [3.8, 4) is 0 Å². The first-order valence-corrected chi connectivity index (χ1v) is 12.7. The molecule has 1 aliphatic rings. The van der Waals surface area contributed by atoms with Gasteiger partial charge in [0.1, 0.15) is 5.76 Å². The van der Waals surface area contributed by atoms with Crippen LogP contribution in [-0.4, -0.2) is 28.8 Å². The molecule has 1 fully saturated rings. The molecule has 2 N–H and O–H groups in total. The number of furan rings is 1. The molecule has 2 heterocycles. The lowest BCUT2D eigenvalue weighted by molar-refractivity contribution is -0.126. The van der Waals surface area contributed by atoms with Gasteiger partial charge in [-0.05, 0) is 66.6 Å². The third-order valence-electron chi connectivity index (χ3n) is 6.37. The minimum atomic E-state index is -0.978. The van der Waals surface area contributed by atoms with Crippen LogP contribution in [0, 0.1) is 6.92 Å². The van der Waals surface area contributed by atoms with Crippen molar-refractivity contribution in [1.82, 2.24) is 10.2 Å². The zero-order valence-electron chi connectivity index (χ0n) is 21.1. The number of carbonyl (C=O) groups is 3. The average Bonchev–Trinajstić information content (AvgIpc) is 3.56. The summed E-state index contributed by atoms with van der Waals surface area (Å²) >= 11 is 6.15. The topological polar surface area (TPSA) is 101 Å². The Morgan fingerprint density at radius 1 is 0.974 bits per heavy atom. The molecule has 3 amide bonds. The molecule has 4 aromatic rings. The number of ether oxygens (including phenoxy) is 1. The molecule has 5 rings (SSSR count). The molecule has 0 aliphatic carbocycles. The molecule has 8 nitrogen and oxygen atoms in total. The lowest BCUT2D eigenvalue weighted by atomic mass is 10.00. The van der Waals surface area contributed by atoms with Gasteiger partial charge in [0.25, 0.3) is 5.91 Å². The van der Waals surface area contributed by atoms with Crippen LogP contribution in [0.3, 0.4) is 0 Å². The summed E-state index contributed by atoms with van der Waals surface area (Å²) in [6.07, 6.45) is -0.0227. The Bertz CT molecular complexity index is 1500. The number of rotatable bonds is 8. The fourth-order valence-electron chi connectivity index (χ4n) is 4.52. The minimum Gasteiger partial charge on any atom is -0.467 e. The molecule has 2 atom stereocenters. The van der Waals surface area contributed by atoms with E-state index in [4.69, 9.17) is 20.8 Å². The number of nitrogens with one attached hydrogen (secondary N) is 2. The highest BCUT2D eigenvalue weighted by atomic mass is 35.5. The molecular weight excluding hydrogens is 518 g/mol. The number of nitrogens with zero attached hydrogens (tertiary/aromatic N) is 1. The quantitative estimate of drug-likeness (QED) is 0.289. The molecule has 1 aromatic heterocycles. The lowest BCUT2D eigenvalue weighted by Gasteiger charge is -2.24. The van der Waals surface area contributed by atoms with E-state index >= 15 is 0 Å². The number of carbonyl (C=O) groups excluding carboxylic acids is 3. The average molecular weight is 544 g/mol. The van der Waals surface area contributed by atoms with Gasteiger partial charge in [0, 0.05) is 16.3 Å². The van der Waals surface area contributed by atoms with Gasteiger partial charge in [0.15, 0.2) is 12.1 Å². The first-order chi connectivity index (χ1) is 18.9. The molecular formula is C30H26ClN3O5. The SMILES string of the molecule is Cc1cccc(C(=O)Nc2cccc([C@@H]3OC(=O)N(Cc4cccc(Cl)c4)[C@H]3C(=O)NCc3ccco3)c2)c1. The van der Waals surface area contributed by atoms with E-state index < -0.39 is 24.1 Å². The Morgan fingerprint density at radius 3 is 2.56 bits per heavy atom. The van der Waals surface area contributed by atoms with Crippen LogP contribution in [0.4, 0.5) is 10.5 Å². The number of cyclic esters (lactones) is 1. The second-order valence-electron chi connectivity index (χ2n) is 9.25. The molecule has 1 saturated heterocycles. The number of amides is 3. The first-order valence-electron chi connectivity index (χ1n) is 12.4. The number of anilines is 1. The van der Waals surface area contributed by atoms with Crippen LogP contribution in [-0.2, 0) is 22.6 Å². The van der Waals surface area contributed by atoms with Crippen molar-refractivity contribution in [2.45, 2.75) is 32.2 Å². The third kappa shape index (κ3) is 6.13. The minimum absolute atomic E-state index is 0.124. The number of aryl methyl sites for hydroxylation is 1. The highest BCUT2D eigenvalue weighted by Crippen LogP contribution is 2.35. The van der Waals surface area contributed by atoms with Gasteiger partial charge < -0.3 is 19.8 Å². The van der Waals surface area contributed by atoms with Gasteiger partial charge in [-0.3, -0.25) is 14.5 Å². The predicted molar refractivity (Wildman–Crippen MR) is 146 cm³/mol. The van der Waals surface area contributed by atoms with Crippen molar-refractivity contribution in [3.63, 3.8) is 0 Å². The van der Waals surface area contributed by atoms with E-state index in [-0.39, 0.29) is 19.0 Å². The van der Waals surface area contributed by atoms with Crippen LogP contribution in [0.1, 0.15) is 38.9 Å². The summed E-state index contributed by atoms with van der Waals surface area (Å²) in [6.45, 7) is 2.19. The molecule has 0 bridgehead atoms. The lowest BCUT2D eigenvalue weighted by Crippen LogP contribution is -2.46. The summed E-state index contributed by atoms with van der Waals surface area (Å²) in [7, 11) is 0. The first kappa shape index (κ1) is 26.1. The maximum absolute atomic E-state index is 13.5. The number of hydrogen-bond donors (Lipinski definition) is 2. The van der Waals surface area contributed by atoms with Crippen molar-refractivity contribution in [1.29, 1.82) is 0 Å². The van der Waals surface area contributed by atoms with Crippen LogP contribution in [0.2, 0.25) is 5.02 Å². The zero-order chi connectivity index (χ0) is 27.4. The molecule has 1 aliphatic heterocycles. The Labute approximate surface area is 230 Å². The summed E-state index contributed by atoms with van der Waals surface area (Å²) < 4.78 is 11.1. The summed E-state index contributed by atoms with van der Waals surface area (Å²) in [6, 6.07) is 23.8. The standard InChI is InChI=1S/C30H26ClN3O5/c1-19-6-2-9-22(14-19)28(35)33-24-11-4-8-21(16-24)27-26(29(36)32-17-25-12-5-13-38-25)34(30(37)39-27)18-20-7-3-10-23(31)15-20/h2-16,26-27H,17-18H2,1H3,(H,32,36)(H,33,35)/t26-,27+/m1/s1. The molecule has 0 radical (unpaired) electrons. The van der Waals surface area contributed by atoms with E-state index in [0.717, 1.165) is 11.1 Å². The predicted octanol–water partition coefficient (Wildman–Crippen LogP) is 5.87. The van der Waals surface area contributed by atoms with E-state index in [1.54, 1.807) is 66.7 Å². The normalized spacial score (nSPS) is 16.6. The largest absolute Gasteiger partial charge is 0.467 e. The Kier molecular flexibility index (Phi) is 7.65. The Balaban J connectivity index is 1.41. The molecule has 9 heteroatoms. The zero-order valence-corrected chi connectivity index (χ0v) is 21.9. The van der Waals surface area contributed by atoms with Crippen molar-refractivity contribution >= 4 is 35.2 Å². The van der Waals surface area contributed by atoms with E-state index in [1.165, 1.54) is 11.2 Å². The monoisotopic (exact) mass is 543 g/mol. The summed E-state index contributed by atoms with van der Waals surface area (Å²) in [4.78, 5) is 40.8. The van der Waals surface area contributed by atoms with Gasteiger partial charge in [-0.25, -0.2) is 4.79 Å². The van der Waals surface area contributed by atoms with Gasteiger partial charge in [0.2, 0.25) is 5.91 Å². The number of hydrogen-bond acceptors (Lipinski definition) is 5. The molecule has 3 aromatic carbocycles. The molecule has 198 valence electrons.